The highest BCUT2D eigenvalue weighted by molar-refractivity contribution is 6.23. The largest absolute Gasteiger partial charge is 0.490 e. The molecule has 2 fully saturated rings. The Bertz CT molecular complexity index is 850. The Labute approximate surface area is 154 Å². The van der Waals surface area contributed by atoms with Crippen LogP contribution in [0.15, 0.2) is 12.1 Å². The van der Waals surface area contributed by atoms with Gasteiger partial charge in [-0.1, -0.05) is 0 Å². The average molecular weight is 375 g/mol. The van der Waals surface area contributed by atoms with E-state index in [4.69, 9.17) is 4.74 Å². The van der Waals surface area contributed by atoms with Gasteiger partial charge in [-0.25, -0.2) is 4.39 Å². The van der Waals surface area contributed by atoms with Gasteiger partial charge in [-0.2, -0.15) is 0 Å². The number of piperidine rings is 1. The average Bonchev–Trinajstić information content (AvgIpc) is 3.22. The molecule has 1 unspecified atom stereocenters. The fourth-order valence-electron chi connectivity index (χ4n) is 3.65. The molecule has 27 heavy (non-hydrogen) atoms. The standard InChI is InChI=1S/C18H18FN3O5/c19-12-5-10-11(6-14(12)27-8-9-3-4-20-7-9)18(26)22(17(10)25)13-1-2-15(23)21-16(13)24/h5-6,9,13,20H,1-4,7-8H2,(H,21,23,24)/t9-,13?/m1/s1. The molecule has 3 aliphatic heterocycles. The quantitative estimate of drug-likeness (QED) is 0.730. The van der Waals surface area contributed by atoms with Crippen molar-refractivity contribution in [2.45, 2.75) is 25.3 Å². The van der Waals surface area contributed by atoms with Crippen LogP contribution >= 0.6 is 0 Å². The van der Waals surface area contributed by atoms with Gasteiger partial charge >= 0.3 is 0 Å². The molecule has 1 aromatic carbocycles. The van der Waals surface area contributed by atoms with Crippen LogP contribution in [0.25, 0.3) is 0 Å². The third kappa shape index (κ3) is 3.08. The first-order valence-electron chi connectivity index (χ1n) is 8.84. The van der Waals surface area contributed by atoms with Gasteiger partial charge in [0.2, 0.25) is 11.8 Å². The first-order valence-corrected chi connectivity index (χ1v) is 8.84. The molecule has 2 saturated heterocycles. The van der Waals surface area contributed by atoms with E-state index in [1.807, 2.05) is 0 Å². The van der Waals surface area contributed by atoms with Crippen molar-refractivity contribution in [2.24, 2.45) is 5.92 Å². The van der Waals surface area contributed by atoms with E-state index in [-0.39, 0.29) is 35.6 Å². The van der Waals surface area contributed by atoms with Gasteiger partial charge in [0.05, 0.1) is 17.7 Å². The van der Waals surface area contributed by atoms with E-state index in [1.165, 1.54) is 6.07 Å². The second kappa shape index (κ2) is 6.73. The number of halogens is 1. The minimum Gasteiger partial charge on any atom is -0.490 e. The molecule has 9 heteroatoms. The molecule has 2 atom stereocenters. The van der Waals surface area contributed by atoms with E-state index in [0.29, 0.717) is 6.61 Å². The lowest BCUT2D eigenvalue weighted by molar-refractivity contribution is -0.136. The van der Waals surface area contributed by atoms with Gasteiger partial charge in [-0.15, -0.1) is 0 Å². The molecule has 0 aliphatic carbocycles. The highest BCUT2D eigenvalue weighted by Gasteiger charge is 2.45. The van der Waals surface area contributed by atoms with Crippen LogP contribution in [-0.4, -0.2) is 54.3 Å². The predicted octanol–water partition coefficient (Wildman–Crippen LogP) is 0.215. The third-order valence-corrected chi connectivity index (χ3v) is 5.13. The van der Waals surface area contributed by atoms with Crippen LogP contribution in [0.5, 0.6) is 5.75 Å². The number of hydrogen-bond acceptors (Lipinski definition) is 6. The lowest BCUT2D eigenvalue weighted by Gasteiger charge is -2.27. The smallest absolute Gasteiger partial charge is 0.262 e. The fraction of sp³-hybridized carbons (Fsp3) is 0.444. The van der Waals surface area contributed by atoms with E-state index in [9.17, 15) is 23.6 Å². The summed E-state index contributed by atoms with van der Waals surface area (Å²) < 4.78 is 19.9. The molecule has 3 heterocycles. The van der Waals surface area contributed by atoms with E-state index in [0.717, 1.165) is 30.5 Å². The Morgan fingerprint density at radius 3 is 2.52 bits per heavy atom. The minimum atomic E-state index is -1.08. The molecule has 0 bridgehead atoms. The van der Waals surface area contributed by atoms with Crippen LogP contribution < -0.4 is 15.4 Å². The molecule has 4 rings (SSSR count). The van der Waals surface area contributed by atoms with Crippen molar-refractivity contribution >= 4 is 23.6 Å². The first-order chi connectivity index (χ1) is 13.0. The first kappa shape index (κ1) is 17.6. The molecule has 0 radical (unpaired) electrons. The van der Waals surface area contributed by atoms with Gasteiger partial charge in [0, 0.05) is 18.9 Å². The Balaban J connectivity index is 1.57. The molecular weight excluding hydrogens is 357 g/mol. The number of hydrogen-bond donors (Lipinski definition) is 2. The Kier molecular flexibility index (Phi) is 4.39. The number of imide groups is 2. The van der Waals surface area contributed by atoms with E-state index >= 15 is 0 Å². The number of rotatable bonds is 4. The summed E-state index contributed by atoms with van der Waals surface area (Å²) >= 11 is 0. The van der Waals surface area contributed by atoms with Gasteiger partial charge < -0.3 is 10.1 Å². The summed E-state index contributed by atoms with van der Waals surface area (Å²) in [5.74, 6) is -3.14. The van der Waals surface area contributed by atoms with E-state index in [2.05, 4.69) is 10.6 Å². The van der Waals surface area contributed by atoms with Crippen LogP contribution in [0.1, 0.15) is 40.0 Å². The number of amides is 4. The Morgan fingerprint density at radius 2 is 1.85 bits per heavy atom. The van der Waals surface area contributed by atoms with Gasteiger partial charge in [0.15, 0.2) is 11.6 Å². The van der Waals surface area contributed by atoms with Crippen LogP contribution in [0.2, 0.25) is 0 Å². The van der Waals surface area contributed by atoms with E-state index in [1.54, 1.807) is 0 Å². The topological polar surface area (TPSA) is 105 Å². The maximum atomic E-state index is 14.4. The van der Waals surface area contributed by atoms with Crippen LogP contribution in [0, 0.1) is 11.7 Å². The maximum Gasteiger partial charge on any atom is 0.262 e. The second-order valence-electron chi connectivity index (χ2n) is 6.95. The monoisotopic (exact) mass is 375 g/mol. The molecule has 8 nitrogen and oxygen atoms in total. The zero-order valence-corrected chi connectivity index (χ0v) is 14.4. The van der Waals surface area contributed by atoms with Gasteiger partial charge in [-0.05, 0) is 31.5 Å². The lowest BCUT2D eigenvalue weighted by atomic mass is 10.0. The molecule has 4 amide bonds. The van der Waals surface area contributed by atoms with Crippen molar-refractivity contribution in [3.8, 4) is 5.75 Å². The third-order valence-electron chi connectivity index (χ3n) is 5.13. The van der Waals surface area contributed by atoms with Crippen molar-refractivity contribution < 1.29 is 28.3 Å². The number of ether oxygens (including phenoxy) is 1. The van der Waals surface area contributed by atoms with Gasteiger partial charge in [0.1, 0.15) is 6.04 Å². The second-order valence-corrected chi connectivity index (χ2v) is 6.95. The van der Waals surface area contributed by atoms with Crippen molar-refractivity contribution in [1.29, 1.82) is 0 Å². The van der Waals surface area contributed by atoms with Crippen molar-refractivity contribution in [1.82, 2.24) is 15.5 Å². The Morgan fingerprint density at radius 1 is 1.11 bits per heavy atom. The maximum absolute atomic E-state index is 14.4. The van der Waals surface area contributed by atoms with Crippen molar-refractivity contribution in [3.05, 3.63) is 29.1 Å². The SMILES string of the molecule is O=C1CCC(N2C(=O)c3cc(F)c(OC[C@@H]4CCNC4)cc3C2=O)C(=O)N1. The van der Waals surface area contributed by atoms with Gasteiger partial charge in [-0.3, -0.25) is 29.4 Å². The van der Waals surface area contributed by atoms with Gasteiger partial charge in [0.25, 0.3) is 11.8 Å². The minimum absolute atomic E-state index is 0.00523. The number of carbonyl (C=O) groups excluding carboxylic acids is 4. The van der Waals surface area contributed by atoms with Crippen LogP contribution in [0.4, 0.5) is 4.39 Å². The van der Waals surface area contributed by atoms with E-state index < -0.39 is 35.5 Å². The summed E-state index contributed by atoms with van der Waals surface area (Å²) in [6, 6.07) is 1.12. The van der Waals surface area contributed by atoms with Crippen molar-refractivity contribution in [3.63, 3.8) is 0 Å². The molecule has 3 aliphatic rings. The number of nitrogens with one attached hydrogen (secondary N) is 2. The highest BCUT2D eigenvalue weighted by Crippen LogP contribution is 2.32. The highest BCUT2D eigenvalue weighted by atomic mass is 19.1. The molecular formula is C18H18FN3O5. The Hall–Kier alpha value is -2.81. The van der Waals surface area contributed by atoms with Crippen LogP contribution in [-0.2, 0) is 9.59 Å². The molecule has 142 valence electrons. The molecule has 0 spiro atoms. The summed E-state index contributed by atoms with van der Waals surface area (Å²) in [5.41, 5.74) is -0.0947. The number of nitrogens with zero attached hydrogens (tertiary/aromatic N) is 1. The molecule has 0 saturated carbocycles. The lowest BCUT2D eigenvalue weighted by Crippen LogP contribution is -2.54. The summed E-state index contributed by atoms with van der Waals surface area (Å²) in [6.45, 7) is 1.98. The zero-order valence-electron chi connectivity index (χ0n) is 14.4. The van der Waals surface area contributed by atoms with Crippen LogP contribution in [0.3, 0.4) is 0 Å². The summed E-state index contributed by atoms with van der Waals surface area (Å²) in [6.07, 6.45) is 1.01. The normalized spacial score (nSPS) is 25.0. The molecule has 0 aromatic heterocycles. The number of fused-ring (bicyclic) bond motifs is 1. The molecule has 2 N–H and O–H groups in total. The number of carbonyl (C=O) groups is 4. The summed E-state index contributed by atoms with van der Waals surface area (Å²) in [4.78, 5) is 49.4. The summed E-state index contributed by atoms with van der Waals surface area (Å²) in [5, 5.41) is 5.31. The molecule has 1 aromatic rings. The fourth-order valence-corrected chi connectivity index (χ4v) is 3.65. The zero-order chi connectivity index (χ0) is 19.1. The summed E-state index contributed by atoms with van der Waals surface area (Å²) in [7, 11) is 0. The number of benzene rings is 1. The predicted molar refractivity (Wildman–Crippen MR) is 89.5 cm³/mol. The van der Waals surface area contributed by atoms with Crippen molar-refractivity contribution in [2.75, 3.05) is 19.7 Å².